The molecule has 0 aliphatic heterocycles. The van der Waals surface area contributed by atoms with Gasteiger partial charge in [0.05, 0.1) is 0 Å². The third-order valence-electron chi connectivity index (χ3n) is 6.97. The van der Waals surface area contributed by atoms with Crippen molar-refractivity contribution in [2.45, 2.75) is 71.0 Å². The summed E-state index contributed by atoms with van der Waals surface area (Å²) in [4.78, 5) is 12.4. The predicted octanol–water partition coefficient (Wildman–Crippen LogP) is 5.03. The number of hydrogen-bond donors (Lipinski definition) is 1. The van der Waals surface area contributed by atoms with Gasteiger partial charge in [-0.25, -0.2) is 0 Å². The molecule has 1 aromatic carbocycles. The van der Waals surface area contributed by atoms with Crippen molar-refractivity contribution >= 4 is 14.1 Å². The SMILES string of the molecule is CC12CCC3c4ccc(O[Si](C)(C)C)c(O)c4CCC3C1CCC2=O. The Morgan fingerprint density at radius 1 is 1.16 bits per heavy atom. The number of carbonyl (C=O) groups is 1. The first-order valence-electron chi connectivity index (χ1n) is 9.78. The lowest BCUT2D eigenvalue weighted by molar-refractivity contribution is -0.129. The molecule has 4 unspecified atom stereocenters. The maximum absolute atomic E-state index is 12.4. The minimum Gasteiger partial charge on any atom is -0.542 e. The van der Waals surface area contributed by atoms with Gasteiger partial charge in [-0.15, -0.1) is 0 Å². The van der Waals surface area contributed by atoms with Crippen molar-refractivity contribution in [2.24, 2.45) is 17.3 Å². The minimum absolute atomic E-state index is 0.0817. The molecule has 0 saturated heterocycles. The van der Waals surface area contributed by atoms with E-state index < -0.39 is 8.32 Å². The van der Waals surface area contributed by atoms with Crippen LogP contribution in [0.1, 0.15) is 56.1 Å². The van der Waals surface area contributed by atoms with E-state index in [-0.39, 0.29) is 5.41 Å². The van der Waals surface area contributed by atoms with Gasteiger partial charge < -0.3 is 9.53 Å². The first kappa shape index (κ1) is 17.1. The summed E-state index contributed by atoms with van der Waals surface area (Å²) >= 11 is 0. The van der Waals surface area contributed by atoms with E-state index in [0.717, 1.165) is 44.1 Å². The number of ketones is 1. The molecule has 4 atom stereocenters. The second-order valence-corrected chi connectivity index (χ2v) is 14.0. The molecule has 0 spiro atoms. The van der Waals surface area contributed by atoms with Crippen LogP contribution in [0.5, 0.6) is 11.5 Å². The van der Waals surface area contributed by atoms with E-state index in [2.05, 4.69) is 32.6 Å². The van der Waals surface area contributed by atoms with Gasteiger partial charge in [0.1, 0.15) is 11.5 Å². The Morgan fingerprint density at radius 2 is 1.92 bits per heavy atom. The van der Waals surface area contributed by atoms with E-state index in [1.807, 2.05) is 6.07 Å². The zero-order chi connectivity index (χ0) is 18.0. The number of phenols is 1. The largest absolute Gasteiger partial charge is 0.542 e. The fraction of sp³-hybridized carbons (Fsp3) is 0.667. The summed E-state index contributed by atoms with van der Waals surface area (Å²) in [6, 6.07) is 4.17. The summed E-state index contributed by atoms with van der Waals surface area (Å²) < 4.78 is 6.08. The van der Waals surface area contributed by atoms with Crippen LogP contribution in [-0.4, -0.2) is 19.2 Å². The molecule has 3 aliphatic rings. The van der Waals surface area contributed by atoms with Crippen molar-refractivity contribution in [3.63, 3.8) is 0 Å². The van der Waals surface area contributed by atoms with Crippen molar-refractivity contribution in [1.29, 1.82) is 0 Å². The van der Waals surface area contributed by atoms with Crippen LogP contribution in [0.25, 0.3) is 0 Å². The van der Waals surface area contributed by atoms with Gasteiger partial charge in [0.2, 0.25) is 8.32 Å². The first-order valence-corrected chi connectivity index (χ1v) is 13.2. The van der Waals surface area contributed by atoms with Crippen molar-refractivity contribution in [3.05, 3.63) is 23.3 Å². The van der Waals surface area contributed by atoms with Gasteiger partial charge in [-0.1, -0.05) is 13.0 Å². The van der Waals surface area contributed by atoms with Gasteiger partial charge in [-0.3, -0.25) is 4.79 Å². The number of fused-ring (bicyclic) bond motifs is 5. The molecule has 1 N–H and O–H groups in total. The third kappa shape index (κ3) is 2.64. The van der Waals surface area contributed by atoms with Crippen molar-refractivity contribution in [1.82, 2.24) is 0 Å². The molecule has 2 saturated carbocycles. The predicted molar refractivity (Wildman–Crippen MR) is 102 cm³/mol. The highest BCUT2D eigenvalue weighted by atomic mass is 28.4. The number of carbonyl (C=O) groups excluding carboxylic acids is 1. The van der Waals surface area contributed by atoms with Crippen LogP contribution in [0, 0.1) is 17.3 Å². The first-order chi connectivity index (χ1) is 11.7. The molecular formula is C21H30O3Si. The number of phenolic OH excluding ortho intramolecular Hbond substituents is 1. The topological polar surface area (TPSA) is 46.5 Å². The lowest BCUT2D eigenvalue weighted by Crippen LogP contribution is -2.42. The van der Waals surface area contributed by atoms with Crippen molar-refractivity contribution < 1.29 is 14.3 Å². The molecule has 1 aromatic rings. The van der Waals surface area contributed by atoms with Crippen LogP contribution in [0.2, 0.25) is 19.6 Å². The molecule has 0 amide bonds. The molecule has 3 aliphatic carbocycles. The third-order valence-corrected chi connectivity index (χ3v) is 7.80. The molecule has 0 bridgehead atoms. The van der Waals surface area contributed by atoms with Gasteiger partial charge in [0.15, 0.2) is 5.75 Å². The number of rotatable bonds is 2. The van der Waals surface area contributed by atoms with E-state index in [1.165, 1.54) is 5.56 Å². The lowest BCUT2D eigenvalue weighted by atomic mass is 9.55. The normalized spacial score (nSPS) is 34.2. The lowest BCUT2D eigenvalue weighted by Gasteiger charge is -2.48. The summed E-state index contributed by atoms with van der Waals surface area (Å²) in [5.74, 6) is 3.15. The minimum atomic E-state index is -1.74. The molecule has 4 heteroatoms. The van der Waals surface area contributed by atoms with Crippen LogP contribution >= 0.6 is 0 Å². The molecule has 0 heterocycles. The maximum Gasteiger partial charge on any atom is 0.242 e. The number of benzene rings is 1. The molecule has 0 aromatic heterocycles. The monoisotopic (exact) mass is 358 g/mol. The van der Waals surface area contributed by atoms with Gasteiger partial charge in [0, 0.05) is 17.4 Å². The average Bonchev–Trinajstić information content (AvgIpc) is 2.84. The van der Waals surface area contributed by atoms with E-state index in [9.17, 15) is 9.90 Å². The highest BCUT2D eigenvalue weighted by Gasteiger charge is 2.54. The zero-order valence-corrected chi connectivity index (χ0v) is 16.9. The molecule has 136 valence electrons. The van der Waals surface area contributed by atoms with Gasteiger partial charge in [-0.05, 0) is 81.1 Å². The van der Waals surface area contributed by atoms with E-state index in [1.54, 1.807) is 0 Å². The summed E-state index contributed by atoms with van der Waals surface area (Å²) in [6.45, 7) is 8.63. The summed E-state index contributed by atoms with van der Waals surface area (Å²) in [5, 5.41) is 10.8. The van der Waals surface area contributed by atoms with Crippen molar-refractivity contribution in [3.8, 4) is 11.5 Å². The Bertz CT molecular complexity index is 721. The fourth-order valence-corrected chi connectivity index (χ4v) is 6.64. The van der Waals surface area contributed by atoms with E-state index in [4.69, 9.17) is 4.43 Å². The smallest absolute Gasteiger partial charge is 0.242 e. The average molecular weight is 359 g/mol. The molecule has 25 heavy (non-hydrogen) atoms. The number of hydrogen-bond acceptors (Lipinski definition) is 3. The second kappa shape index (κ2) is 5.60. The van der Waals surface area contributed by atoms with Gasteiger partial charge in [-0.2, -0.15) is 0 Å². The molecule has 2 fully saturated rings. The van der Waals surface area contributed by atoms with Crippen LogP contribution in [0.3, 0.4) is 0 Å². The Kier molecular flexibility index (Phi) is 3.84. The highest BCUT2D eigenvalue weighted by Crippen LogP contribution is 2.60. The van der Waals surface area contributed by atoms with Gasteiger partial charge in [0.25, 0.3) is 0 Å². The zero-order valence-electron chi connectivity index (χ0n) is 15.9. The second-order valence-electron chi connectivity index (χ2n) is 9.53. The van der Waals surface area contributed by atoms with Crippen molar-refractivity contribution in [2.75, 3.05) is 0 Å². The highest BCUT2D eigenvalue weighted by molar-refractivity contribution is 6.70. The molecule has 3 nitrogen and oxygen atoms in total. The van der Waals surface area contributed by atoms with Crippen LogP contribution in [-0.2, 0) is 11.2 Å². The standard InChI is InChI=1S/C21H30O3Si/c1-21-12-11-14-13-7-9-18(24-25(2,3)4)20(23)16(13)6-5-15(14)17(21)8-10-19(21)22/h7,9,14-15,17,23H,5-6,8,10-12H2,1-4H3. The van der Waals surface area contributed by atoms with E-state index >= 15 is 0 Å². The molecule has 0 radical (unpaired) electrons. The number of aromatic hydroxyl groups is 1. The number of Topliss-reactive ketones (excluding diaryl/α,β-unsaturated/α-hetero) is 1. The Balaban J connectivity index is 1.68. The maximum atomic E-state index is 12.4. The van der Waals surface area contributed by atoms with Gasteiger partial charge >= 0.3 is 0 Å². The van der Waals surface area contributed by atoms with E-state index in [0.29, 0.717) is 35.0 Å². The van der Waals surface area contributed by atoms with Crippen LogP contribution < -0.4 is 4.43 Å². The summed E-state index contributed by atoms with van der Waals surface area (Å²) in [6.07, 6.45) is 5.91. The Morgan fingerprint density at radius 3 is 2.64 bits per heavy atom. The Labute approximate surface area is 151 Å². The summed E-state index contributed by atoms with van der Waals surface area (Å²) in [5.41, 5.74) is 2.34. The van der Waals surface area contributed by atoms with Crippen LogP contribution in [0.15, 0.2) is 12.1 Å². The molecule has 4 rings (SSSR count). The quantitative estimate of drug-likeness (QED) is 0.754. The van der Waals surface area contributed by atoms with Crippen LogP contribution in [0.4, 0.5) is 0 Å². The fourth-order valence-electron chi connectivity index (χ4n) is 5.81. The molecular weight excluding hydrogens is 328 g/mol. The summed E-state index contributed by atoms with van der Waals surface area (Å²) in [7, 11) is -1.74. The Hall–Kier alpha value is -1.29.